The predicted octanol–water partition coefficient (Wildman–Crippen LogP) is 2.89. The molecule has 0 radical (unpaired) electrons. The van der Waals surface area contributed by atoms with Gasteiger partial charge in [0.25, 0.3) is 5.91 Å². The molecule has 1 aromatic heterocycles. The van der Waals surface area contributed by atoms with Crippen molar-refractivity contribution < 1.29 is 22.7 Å². The fourth-order valence-electron chi connectivity index (χ4n) is 2.14. The molecule has 1 aliphatic rings. The van der Waals surface area contributed by atoms with Crippen molar-refractivity contribution >= 4 is 5.91 Å². The molecule has 0 spiro atoms. The summed E-state index contributed by atoms with van der Waals surface area (Å²) in [4.78, 5) is 17.7. The van der Waals surface area contributed by atoms with E-state index in [1.165, 1.54) is 18.3 Å². The summed E-state index contributed by atoms with van der Waals surface area (Å²) in [6.07, 6.45) is -1.22. The average Bonchev–Trinajstić information content (AvgIpc) is 2.45. The lowest BCUT2D eigenvalue weighted by Crippen LogP contribution is -2.37. The van der Waals surface area contributed by atoms with Crippen LogP contribution in [0.15, 0.2) is 18.3 Å². The maximum absolute atomic E-state index is 12.2. The topological polar surface area (TPSA) is 42.4 Å². The van der Waals surface area contributed by atoms with Crippen LogP contribution in [0.5, 0.6) is 5.88 Å². The number of piperidine rings is 1. The molecule has 116 valence electrons. The van der Waals surface area contributed by atoms with E-state index in [2.05, 4.69) is 16.6 Å². The molecule has 0 aromatic carbocycles. The van der Waals surface area contributed by atoms with Gasteiger partial charge in [0.2, 0.25) is 5.88 Å². The zero-order valence-corrected chi connectivity index (χ0v) is 11.7. The number of carbonyl (C=O) groups excluding carboxylic acids is 1. The van der Waals surface area contributed by atoms with Crippen molar-refractivity contribution in [2.75, 3.05) is 19.7 Å². The van der Waals surface area contributed by atoms with Gasteiger partial charge in [0, 0.05) is 25.4 Å². The predicted molar refractivity (Wildman–Crippen MR) is 70.1 cm³/mol. The zero-order chi connectivity index (χ0) is 15.5. The number of hydrogen-bond acceptors (Lipinski definition) is 3. The van der Waals surface area contributed by atoms with Gasteiger partial charge >= 0.3 is 6.18 Å². The van der Waals surface area contributed by atoms with Crippen LogP contribution in [0.3, 0.4) is 0 Å². The number of rotatable bonds is 3. The lowest BCUT2D eigenvalue weighted by molar-refractivity contribution is -0.154. The Balaban J connectivity index is 1.93. The number of ether oxygens (including phenoxy) is 1. The maximum atomic E-state index is 12.2. The van der Waals surface area contributed by atoms with E-state index < -0.39 is 12.8 Å². The quantitative estimate of drug-likeness (QED) is 0.862. The number of aromatic nitrogens is 1. The molecular formula is C14H17F3N2O2. The minimum Gasteiger partial charge on any atom is -0.468 e. The molecule has 1 saturated heterocycles. The van der Waals surface area contributed by atoms with Gasteiger partial charge in [0.15, 0.2) is 6.61 Å². The molecule has 0 bridgehead atoms. The molecule has 1 fully saturated rings. The lowest BCUT2D eigenvalue weighted by Gasteiger charge is -2.30. The first-order chi connectivity index (χ1) is 9.85. The normalized spacial score (nSPS) is 16.9. The standard InChI is InChI=1S/C14H17F3N2O2/c1-10-4-6-19(7-5-10)13(20)11-2-3-12(18-8-11)21-9-14(15,16)17/h2-3,8,10H,4-7,9H2,1H3. The van der Waals surface area contributed by atoms with Crippen molar-refractivity contribution in [3.05, 3.63) is 23.9 Å². The number of likely N-dealkylation sites (tertiary alicyclic amines) is 1. The van der Waals surface area contributed by atoms with E-state index in [1.807, 2.05) is 0 Å². The number of carbonyl (C=O) groups is 1. The minimum atomic E-state index is -4.40. The first-order valence-electron chi connectivity index (χ1n) is 6.80. The van der Waals surface area contributed by atoms with Crippen LogP contribution in [0.25, 0.3) is 0 Å². The number of alkyl halides is 3. The van der Waals surface area contributed by atoms with Crippen molar-refractivity contribution in [3.63, 3.8) is 0 Å². The van der Waals surface area contributed by atoms with Gasteiger partial charge in [-0.2, -0.15) is 13.2 Å². The SMILES string of the molecule is CC1CCN(C(=O)c2ccc(OCC(F)(F)F)nc2)CC1. The van der Waals surface area contributed by atoms with E-state index >= 15 is 0 Å². The van der Waals surface area contributed by atoms with E-state index in [4.69, 9.17) is 0 Å². The van der Waals surface area contributed by atoms with Gasteiger partial charge in [0.05, 0.1) is 5.56 Å². The Kier molecular flexibility index (Phi) is 4.69. The maximum Gasteiger partial charge on any atom is 0.422 e. The van der Waals surface area contributed by atoms with E-state index in [9.17, 15) is 18.0 Å². The van der Waals surface area contributed by atoms with E-state index in [0.29, 0.717) is 24.6 Å². The van der Waals surface area contributed by atoms with Crippen molar-refractivity contribution in [1.82, 2.24) is 9.88 Å². The summed E-state index contributed by atoms with van der Waals surface area (Å²) in [5.74, 6) is 0.332. The van der Waals surface area contributed by atoms with Gasteiger partial charge in [-0.15, -0.1) is 0 Å². The number of hydrogen-bond donors (Lipinski definition) is 0. The van der Waals surface area contributed by atoms with Gasteiger partial charge in [-0.3, -0.25) is 4.79 Å². The number of nitrogens with zero attached hydrogens (tertiary/aromatic N) is 2. The number of pyridine rings is 1. The Morgan fingerprint density at radius 2 is 2.05 bits per heavy atom. The molecule has 7 heteroatoms. The molecule has 2 rings (SSSR count). The minimum absolute atomic E-state index is 0.142. The first-order valence-corrected chi connectivity index (χ1v) is 6.80. The van der Waals surface area contributed by atoms with Gasteiger partial charge in [-0.25, -0.2) is 4.98 Å². The summed E-state index contributed by atoms with van der Waals surface area (Å²) in [6, 6.07) is 2.73. The summed E-state index contributed by atoms with van der Waals surface area (Å²) in [5, 5.41) is 0. The molecule has 4 nitrogen and oxygen atoms in total. The first kappa shape index (κ1) is 15.6. The van der Waals surface area contributed by atoms with E-state index in [1.54, 1.807) is 4.90 Å². The van der Waals surface area contributed by atoms with E-state index in [-0.39, 0.29) is 11.8 Å². The van der Waals surface area contributed by atoms with Gasteiger partial charge in [-0.1, -0.05) is 6.92 Å². The Labute approximate surface area is 120 Å². The van der Waals surface area contributed by atoms with Crippen LogP contribution in [-0.4, -0.2) is 41.7 Å². The van der Waals surface area contributed by atoms with Gasteiger partial charge in [0.1, 0.15) is 0 Å². The molecule has 1 aliphatic heterocycles. The number of amides is 1. The smallest absolute Gasteiger partial charge is 0.422 e. The van der Waals surface area contributed by atoms with Crippen LogP contribution < -0.4 is 4.74 Å². The van der Waals surface area contributed by atoms with E-state index in [0.717, 1.165) is 12.8 Å². The molecule has 1 aromatic rings. The summed E-state index contributed by atoms with van der Waals surface area (Å²) in [7, 11) is 0. The molecule has 2 heterocycles. The average molecular weight is 302 g/mol. The fraction of sp³-hybridized carbons (Fsp3) is 0.571. The highest BCUT2D eigenvalue weighted by atomic mass is 19.4. The largest absolute Gasteiger partial charge is 0.468 e. The van der Waals surface area contributed by atoms with Gasteiger partial charge < -0.3 is 9.64 Å². The van der Waals surface area contributed by atoms with Crippen LogP contribution >= 0.6 is 0 Å². The lowest BCUT2D eigenvalue weighted by atomic mass is 9.99. The van der Waals surface area contributed by atoms with Crippen molar-refractivity contribution in [2.45, 2.75) is 25.9 Å². The molecule has 1 amide bonds. The summed E-state index contributed by atoms with van der Waals surface area (Å²) >= 11 is 0. The van der Waals surface area contributed by atoms with Crippen molar-refractivity contribution in [2.24, 2.45) is 5.92 Å². The van der Waals surface area contributed by atoms with Crippen molar-refractivity contribution in [3.8, 4) is 5.88 Å². The Morgan fingerprint density at radius 1 is 1.38 bits per heavy atom. The Bertz CT molecular complexity index is 480. The third-order valence-electron chi connectivity index (χ3n) is 3.44. The summed E-state index contributed by atoms with van der Waals surface area (Å²) in [6.45, 7) is 2.16. The van der Waals surface area contributed by atoms with Crippen LogP contribution in [-0.2, 0) is 0 Å². The van der Waals surface area contributed by atoms with Gasteiger partial charge in [-0.05, 0) is 24.8 Å². The number of halogens is 3. The molecule has 0 aliphatic carbocycles. The molecular weight excluding hydrogens is 285 g/mol. The molecule has 0 unspecified atom stereocenters. The van der Waals surface area contributed by atoms with Crippen molar-refractivity contribution in [1.29, 1.82) is 0 Å². The third kappa shape index (κ3) is 4.61. The second kappa shape index (κ2) is 6.32. The Morgan fingerprint density at radius 3 is 2.57 bits per heavy atom. The van der Waals surface area contributed by atoms with Crippen LogP contribution in [0.2, 0.25) is 0 Å². The molecule has 0 atom stereocenters. The molecule has 0 N–H and O–H groups in total. The van der Waals surface area contributed by atoms with Crippen LogP contribution in [0, 0.1) is 5.92 Å². The Hall–Kier alpha value is -1.79. The highest BCUT2D eigenvalue weighted by Crippen LogP contribution is 2.20. The van der Waals surface area contributed by atoms with Crippen LogP contribution in [0.1, 0.15) is 30.1 Å². The molecule has 21 heavy (non-hydrogen) atoms. The van der Waals surface area contributed by atoms with Crippen LogP contribution in [0.4, 0.5) is 13.2 Å². The second-order valence-electron chi connectivity index (χ2n) is 5.26. The summed E-state index contributed by atoms with van der Waals surface area (Å²) < 4.78 is 40.5. The second-order valence-corrected chi connectivity index (χ2v) is 5.26. The third-order valence-corrected chi connectivity index (χ3v) is 3.44. The summed E-state index contributed by atoms with van der Waals surface area (Å²) in [5.41, 5.74) is 0.365. The highest BCUT2D eigenvalue weighted by Gasteiger charge is 2.28. The monoisotopic (exact) mass is 302 g/mol. The fourth-order valence-corrected chi connectivity index (χ4v) is 2.14. The zero-order valence-electron chi connectivity index (χ0n) is 11.7. The highest BCUT2D eigenvalue weighted by molar-refractivity contribution is 5.94. The molecule has 0 saturated carbocycles.